The summed E-state index contributed by atoms with van der Waals surface area (Å²) >= 11 is 0. The molecule has 0 spiro atoms. The topological polar surface area (TPSA) is 55.9 Å². The van der Waals surface area contributed by atoms with Crippen molar-refractivity contribution in [3.8, 4) is 11.1 Å². The summed E-state index contributed by atoms with van der Waals surface area (Å²) in [6.07, 6.45) is 1.12. The number of nitrogens with zero attached hydrogens (tertiary/aromatic N) is 3. The van der Waals surface area contributed by atoms with Crippen LogP contribution in [0.1, 0.15) is 47.3 Å². The Kier molecular flexibility index (Phi) is 9.17. The zero-order valence-corrected chi connectivity index (χ0v) is 26.3. The molecule has 1 aliphatic carbocycles. The Bertz CT molecular complexity index is 1650. The molecule has 238 valence electrons. The average Bonchev–Trinajstić information content (AvgIpc) is 3.96. The maximum absolute atomic E-state index is 14.6. The summed E-state index contributed by atoms with van der Waals surface area (Å²) in [5.41, 5.74) is 4.77. The second-order valence-electron chi connectivity index (χ2n) is 12.1. The van der Waals surface area contributed by atoms with Crippen LogP contribution in [0, 0.1) is 5.92 Å². The number of anilines is 2. The minimum absolute atomic E-state index is 0.0212. The van der Waals surface area contributed by atoms with E-state index in [1.165, 1.54) is 12.1 Å². The molecule has 1 heterocycles. The third-order valence-corrected chi connectivity index (χ3v) is 9.13. The van der Waals surface area contributed by atoms with E-state index in [1.807, 2.05) is 79.7 Å². The molecule has 4 aromatic carbocycles. The number of hydrogen-bond donors (Lipinski definition) is 1. The van der Waals surface area contributed by atoms with Crippen molar-refractivity contribution in [2.24, 2.45) is 5.92 Å². The van der Waals surface area contributed by atoms with E-state index in [1.54, 1.807) is 30.1 Å². The van der Waals surface area contributed by atoms with Crippen LogP contribution in [0.5, 0.6) is 0 Å². The predicted molar refractivity (Wildman–Crippen MR) is 179 cm³/mol. The largest absolute Gasteiger partial charge is 0.369 e. The Hall–Kier alpha value is -4.56. The third-order valence-electron chi connectivity index (χ3n) is 9.13. The van der Waals surface area contributed by atoms with Gasteiger partial charge in [-0.3, -0.25) is 14.5 Å². The highest BCUT2D eigenvalue weighted by molar-refractivity contribution is 6.10. The van der Waals surface area contributed by atoms with Gasteiger partial charge in [0.05, 0.1) is 0 Å². The molecule has 2 fully saturated rings. The number of halogens is 2. The van der Waals surface area contributed by atoms with E-state index in [9.17, 15) is 18.4 Å². The van der Waals surface area contributed by atoms with Crippen molar-refractivity contribution in [3.63, 3.8) is 0 Å². The molecule has 46 heavy (non-hydrogen) atoms. The lowest BCUT2D eigenvalue weighted by molar-refractivity contribution is -0.126. The molecule has 1 aliphatic heterocycles. The fourth-order valence-electron chi connectivity index (χ4n) is 6.33. The minimum Gasteiger partial charge on any atom is -0.369 e. The van der Waals surface area contributed by atoms with Gasteiger partial charge in [0.1, 0.15) is 6.04 Å². The van der Waals surface area contributed by atoms with E-state index in [0.717, 1.165) is 48.7 Å². The Labute approximate surface area is 269 Å². The summed E-state index contributed by atoms with van der Waals surface area (Å²) in [7, 11) is 1.75. The standard InChI is InChI=1S/C38H40F2N4O2/c1-3-41-36(45)35(28-9-5-4-6-10-28)44-25-23-43(24-26-44)32-21-19-31(20-22-32)42(2)37(46)34-12-8-7-11-33(34)27-13-15-29(16-14-27)38(39,40)30-17-18-30/h4-16,19-22,30,35H,3,17-18,23-26H2,1-2H3,(H,41,45). The summed E-state index contributed by atoms with van der Waals surface area (Å²) in [5.74, 6) is -3.54. The quantitative estimate of drug-likeness (QED) is 0.205. The molecule has 2 aliphatic rings. The van der Waals surface area contributed by atoms with E-state index in [4.69, 9.17) is 0 Å². The molecule has 6 rings (SSSR count). The van der Waals surface area contributed by atoms with E-state index in [2.05, 4.69) is 15.1 Å². The van der Waals surface area contributed by atoms with Gasteiger partial charge in [0, 0.05) is 68.2 Å². The maximum atomic E-state index is 14.6. The molecule has 2 amide bonds. The second kappa shape index (κ2) is 13.4. The highest BCUT2D eigenvalue weighted by atomic mass is 19.3. The van der Waals surface area contributed by atoms with E-state index in [0.29, 0.717) is 30.5 Å². The molecule has 4 aromatic rings. The molecular formula is C38H40F2N4O2. The van der Waals surface area contributed by atoms with Crippen molar-refractivity contribution < 1.29 is 18.4 Å². The Morgan fingerprint density at radius 3 is 2.11 bits per heavy atom. The van der Waals surface area contributed by atoms with Gasteiger partial charge in [0.2, 0.25) is 5.91 Å². The zero-order valence-electron chi connectivity index (χ0n) is 26.3. The van der Waals surface area contributed by atoms with E-state index < -0.39 is 11.8 Å². The monoisotopic (exact) mass is 622 g/mol. The van der Waals surface area contributed by atoms with Gasteiger partial charge in [0.15, 0.2) is 0 Å². The van der Waals surface area contributed by atoms with Crippen LogP contribution in [0.4, 0.5) is 20.2 Å². The van der Waals surface area contributed by atoms with Crippen LogP contribution in [0.15, 0.2) is 103 Å². The first kappa shape index (κ1) is 31.4. The average molecular weight is 623 g/mol. The molecule has 1 saturated heterocycles. The van der Waals surface area contributed by atoms with E-state index >= 15 is 0 Å². The van der Waals surface area contributed by atoms with Crippen molar-refractivity contribution in [2.75, 3.05) is 49.6 Å². The molecule has 1 unspecified atom stereocenters. The Morgan fingerprint density at radius 1 is 0.848 bits per heavy atom. The van der Waals surface area contributed by atoms with Gasteiger partial charge in [0.25, 0.3) is 11.8 Å². The zero-order chi connectivity index (χ0) is 32.3. The van der Waals surface area contributed by atoms with Crippen LogP contribution >= 0.6 is 0 Å². The van der Waals surface area contributed by atoms with Crippen LogP contribution in [-0.2, 0) is 10.7 Å². The van der Waals surface area contributed by atoms with Crippen molar-refractivity contribution >= 4 is 23.2 Å². The van der Waals surface area contributed by atoms with Crippen LogP contribution in [-0.4, -0.2) is 56.5 Å². The van der Waals surface area contributed by atoms with Crippen LogP contribution in [0.3, 0.4) is 0 Å². The molecular weight excluding hydrogens is 582 g/mol. The molecule has 1 N–H and O–H groups in total. The maximum Gasteiger partial charge on any atom is 0.276 e. The lowest BCUT2D eigenvalue weighted by Crippen LogP contribution is -2.51. The van der Waals surface area contributed by atoms with Gasteiger partial charge in [-0.1, -0.05) is 72.8 Å². The van der Waals surface area contributed by atoms with E-state index in [-0.39, 0.29) is 23.4 Å². The van der Waals surface area contributed by atoms with Gasteiger partial charge in [-0.05, 0) is 66.8 Å². The molecule has 8 heteroatoms. The first-order chi connectivity index (χ1) is 22.3. The van der Waals surface area contributed by atoms with Gasteiger partial charge in [-0.2, -0.15) is 0 Å². The number of nitrogens with one attached hydrogen (secondary N) is 1. The van der Waals surface area contributed by atoms with Gasteiger partial charge < -0.3 is 15.1 Å². The summed E-state index contributed by atoms with van der Waals surface area (Å²) < 4.78 is 29.2. The number of rotatable bonds is 10. The smallest absolute Gasteiger partial charge is 0.276 e. The Balaban J connectivity index is 1.12. The first-order valence-electron chi connectivity index (χ1n) is 16.1. The minimum atomic E-state index is -2.82. The molecule has 0 radical (unpaired) electrons. The first-order valence-corrected chi connectivity index (χ1v) is 16.1. The summed E-state index contributed by atoms with van der Waals surface area (Å²) in [6.45, 7) is 5.56. The Morgan fingerprint density at radius 2 is 1.48 bits per heavy atom. The predicted octanol–water partition coefficient (Wildman–Crippen LogP) is 7.13. The summed E-state index contributed by atoms with van der Waals surface area (Å²) in [6, 6.07) is 31.2. The van der Waals surface area contributed by atoms with Crippen molar-refractivity contribution in [1.29, 1.82) is 0 Å². The highest BCUT2D eigenvalue weighted by Crippen LogP contribution is 2.49. The van der Waals surface area contributed by atoms with Crippen LogP contribution in [0.25, 0.3) is 11.1 Å². The van der Waals surface area contributed by atoms with Gasteiger partial charge in [-0.15, -0.1) is 0 Å². The third kappa shape index (κ3) is 6.53. The normalized spacial score (nSPS) is 16.1. The number of likely N-dealkylation sites (N-methyl/N-ethyl adjacent to an activating group) is 1. The van der Waals surface area contributed by atoms with Crippen LogP contribution < -0.4 is 15.1 Å². The number of hydrogen-bond acceptors (Lipinski definition) is 4. The fraction of sp³-hybridized carbons (Fsp3) is 0.316. The van der Waals surface area contributed by atoms with Gasteiger partial charge >= 0.3 is 0 Å². The number of benzene rings is 4. The molecule has 1 atom stereocenters. The van der Waals surface area contributed by atoms with Crippen LogP contribution in [0.2, 0.25) is 0 Å². The molecule has 6 nitrogen and oxygen atoms in total. The fourth-order valence-corrected chi connectivity index (χ4v) is 6.33. The SMILES string of the molecule is CCNC(=O)C(c1ccccc1)N1CCN(c2ccc(N(C)C(=O)c3ccccc3-c3ccc(C(F)(F)C4CC4)cc3)cc2)CC1. The lowest BCUT2D eigenvalue weighted by Gasteiger charge is -2.39. The number of amides is 2. The van der Waals surface area contributed by atoms with Crippen molar-refractivity contribution in [1.82, 2.24) is 10.2 Å². The summed E-state index contributed by atoms with van der Waals surface area (Å²) in [4.78, 5) is 32.9. The molecule has 1 saturated carbocycles. The second-order valence-corrected chi connectivity index (χ2v) is 12.1. The lowest BCUT2D eigenvalue weighted by atomic mass is 9.96. The number of piperazine rings is 1. The summed E-state index contributed by atoms with van der Waals surface area (Å²) in [5, 5.41) is 2.99. The van der Waals surface area contributed by atoms with Gasteiger partial charge in [-0.25, -0.2) is 8.78 Å². The number of alkyl halides is 2. The number of carbonyl (C=O) groups excluding carboxylic acids is 2. The molecule has 0 bridgehead atoms. The molecule has 0 aromatic heterocycles. The van der Waals surface area contributed by atoms with Crippen molar-refractivity contribution in [3.05, 3.63) is 120 Å². The number of carbonyl (C=O) groups is 2. The highest BCUT2D eigenvalue weighted by Gasteiger charge is 2.47. The van der Waals surface area contributed by atoms with Crippen molar-refractivity contribution in [2.45, 2.75) is 31.7 Å².